The quantitative estimate of drug-likeness (QED) is 0.178. The molecular formula is C35H42N2O7S2. The minimum atomic E-state index is -3.40. The molecule has 1 aliphatic carbocycles. The summed E-state index contributed by atoms with van der Waals surface area (Å²) in [5.74, 6) is 0.609. The third-order valence-electron chi connectivity index (χ3n) is 9.07. The summed E-state index contributed by atoms with van der Waals surface area (Å²) in [5.41, 5.74) is 5.62. The maximum Gasteiger partial charge on any atom is 0.348 e. The second-order valence-corrected chi connectivity index (χ2v) is 15.3. The molecule has 2 aromatic carbocycles. The molecule has 4 aromatic rings. The van der Waals surface area contributed by atoms with E-state index in [4.69, 9.17) is 14.2 Å². The van der Waals surface area contributed by atoms with Crippen LogP contribution in [0.25, 0.3) is 21.5 Å². The number of ether oxygens (including phenoxy) is 3. The number of anilines is 1. The first-order valence-electron chi connectivity index (χ1n) is 16.1. The highest BCUT2D eigenvalue weighted by Crippen LogP contribution is 2.49. The number of benzene rings is 2. The van der Waals surface area contributed by atoms with Crippen LogP contribution in [-0.2, 0) is 32.5 Å². The molecule has 0 radical (unpaired) electrons. The Bertz CT molecular complexity index is 1830. The van der Waals surface area contributed by atoms with Gasteiger partial charge in [0.05, 0.1) is 41.1 Å². The molecule has 46 heavy (non-hydrogen) atoms. The van der Waals surface area contributed by atoms with Crippen molar-refractivity contribution in [2.45, 2.75) is 69.4 Å². The van der Waals surface area contributed by atoms with Crippen LogP contribution in [0, 0.1) is 0 Å². The zero-order chi connectivity index (χ0) is 32.4. The van der Waals surface area contributed by atoms with Gasteiger partial charge in [-0.1, -0.05) is 26.2 Å². The largest absolute Gasteiger partial charge is 0.507 e. The molecule has 246 valence electrons. The van der Waals surface area contributed by atoms with Gasteiger partial charge in [0.25, 0.3) is 0 Å². The van der Waals surface area contributed by atoms with Crippen molar-refractivity contribution in [3.63, 3.8) is 0 Å². The number of nitrogens with zero attached hydrogens (tertiary/aromatic N) is 2. The number of fused-ring (bicyclic) bond motifs is 1. The lowest BCUT2D eigenvalue weighted by Crippen LogP contribution is -2.36. The zero-order valence-electron chi connectivity index (χ0n) is 26.7. The van der Waals surface area contributed by atoms with Gasteiger partial charge in [0.15, 0.2) is 9.84 Å². The second-order valence-electron chi connectivity index (χ2n) is 12.2. The van der Waals surface area contributed by atoms with E-state index in [2.05, 4.69) is 16.4 Å². The molecule has 1 N–H and O–H groups in total. The SMILES string of the molecule is CCCn1c(-c2ccc(OCc3cc(S(C)(=O)=O)ccc3N3CCOCC3)cc2O)c(C2CCCCC2)c2sc(C(=O)OC)cc21. The normalized spacial score (nSPS) is 16.2. The number of hydrogen-bond acceptors (Lipinski definition) is 9. The first kappa shape index (κ1) is 32.4. The second kappa shape index (κ2) is 13.7. The number of carbonyl (C=O) groups excluding carboxylic acids is 1. The van der Waals surface area contributed by atoms with E-state index in [-0.39, 0.29) is 23.2 Å². The van der Waals surface area contributed by atoms with Crippen molar-refractivity contribution < 1.29 is 32.5 Å². The minimum absolute atomic E-state index is 0.114. The summed E-state index contributed by atoms with van der Waals surface area (Å²) < 4.78 is 44.9. The summed E-state index contributed by atoms with van der Waals surface area (Å²) >= 11 is 1.48. The Morgan fingerprint density at radius 1 is 1.07 bits per heavy atom. The van der Waals surface area contributed by atoms with Gasteiger partial charge in [0.1, 0.15) is 23.0 Å². The van der Waals surface area contributed by atoms with Gasteiger partial charge in [-0.15, -0.1) is 11.3 Å². The van der Waals surface area contributed by atoms with Crippen molar-refractivity contribution in [3.05, 3.63) is 58.5 Å². The van der Waals surface area contributed by atoms with Crippen LogP contribution < -0.4 is 9.64 Å². The summed E-state index contributed by atoms with van der Waals surface area (Å²) in [7, 11) is -1.99. The fourth-order valence-corrected chi connectivity index (χ4v) is 8.72. The van der Waals surface area contributed by atoms with Crippen molar-refractivity contribution in [1.29, 1.82) is 0 Å². The molecule has 11 heteroatoms. The summed E-state index contributed by atoms with van der Waals surface area (Å²) in [4.78, 5) is 15.5. The maximum absolute atomic E-state index is 12.5. The number of aryl methyl sites for hydroxylation is 1. The van der Waals surface area contributed by atoms with Crippen molar-refractivity contribution in [2.75, 3.05) is 44.6 Å². The number of methoxy groups -OCH3 is 1. The topological polar surface area (TPSA) is 107 Å². The molecule has 0 bridgehead atoms. The van der Waals surface area contributed by atoms with Crippen LogP contribution in [0.2, 0.25) is 0 Å². The Kier molecular flexibility index (Phi) is 9.63. The lowest BCUT2D eigenvalue weighted by Gasteiger charge is -2.30. The molecule has 0 amide bonds. The van der Waals surface area contributed by atoms with Crippen LogP contribution in [0.5, 0.6) is 11.5 Å². The standard InChI is InChI=1S/C35H42N2O7S2/c1-4-14-37-29-21-31(35(39)42-2)45-34(29)32(23-8-6-5-7-9-23)33(37)27-12-10-25(20-30(27)38)44-22-24-19-26(46(3,40)41)11-13-28(24)36-15-17-43-18-16-36/h10-13,19-21,23,38H,4-9,14-18,22H2,1-3H3. The van der Waals surface area contributed by atoms with Gasteiger partial charge < -0.3 is 28.8 Å². The number of sulfone groups is 1. The van der Waals surface area contributed by atoms with Crippen LogP contribution >= 0.6 is 11.3 Å². The highest BCUT2D eigenvalue weighted by Gasteiger charge is 2.30. The van der Waals surface area contributed by atoms with E-state index in [1.165, 1.54) is 36.7 Å². The number of esters is 1. The first-order chi connectivity index (χ1) is 22.2. The molecular weight excluding hydrogens is 625 g/mol. The van der Waals surface area contributed by atoms with E-state index in [0.29, 0.717) is 42.8 Å². The molecule has 1 saturated heterocycles. The predicted molar refractivity (Wildman–Crippen MR) is 181 cm³/mol. The number of carbonyl (C=O) groups is 1. The molecule has 1 aliphatic heterocycles. The lowest BCUT2D eigenvalue weighted by molar-refractivity contribution is 0.0606. The Balaban J connectivity index is 1.37. The van der Waals surface area contributed by atoms with E-state index >= 15 is 0 Å². The Hall–Kier alpha value is -3.54. The molecule has 0 spiro atoms. The molecule has 2 aliphatic rings. The average molecular weight is 667 g/mol. The first-order valence-corrected chi connectivity index (χ1v) is 18.8. The molecule has 1 saturated carbocycles. The van der Waals surface area contributed by atoms with Gasteiger partial charge in [-0.25, -0.2) is 13.2 Å². The molecule has 0 unspecified atom stereocenters. The van der Waals surface area contributed by atoms with Crippen LogP contribution in [0.3, 0.4) is 0 Å². The zero-order valence-corrected chi connectivity index (χ0v) is 28.3. The molecule has 2 aromatic heterocycles. The van der Waals surface area contributed by atoms with Crippen molar-refractivity contribution in [2.24, 2.45) is 0 Å². The fourth-order valence-electron chi connectivity index (χ4n) is 6.85. The smallest absolute Gasteiger partial charge is 0.348 e. The molecule has 9 nitrogen and oxygen atoms in total. The van der Waals surface area contributed by atoms with Gasteiger partial charge in [0, 0.05) is 48.8 Å². The van der Waals surface area contributed by atoms with E-state index in [1.807, 2.05) is 24.3 Å². The van der Waals surface area contributed by atoms with Gasteiger partial charge >= 0.3 is 5.97 Å². The Morgan fingerprint density at radius 3 is 2.50 bits per heavy atom. The Morgan fingerprint density at radius 2 is 1.83 bits per heavy atom. The van der Waals surface area contributed by atoms with E-state index in [1.54, 1.807) is 18.2 Å². The number of aromatic nitrogens is 1. The van der Waals surface area contributed by atoms with Gasteiger partial charge in [-0.05, 0) is 67.1 Å². The summed E-state index contributed by atoms with van der Waals surface area (Å²) in [5, 5.41) is 11.5. The number of morpholine rings is 1. The number of aromatic hydroxyl groups is 1. The average Bonchev–Trinajstić information content (AvgIpc) is 3.62. The summed E-state index contributed by atoms with van der Waals surface area (Å²) in [6, 6.07) is 12.5. The third kappa shape index (κ3) is 6.50. The Labute approximate surface area is 274 Å². The number of rotatable bonds is 10. The monoisotopic (exact) mass is 666 g/mol. The van der Waals surface area contributed by atoms with Crippen molar-refractivity contribution in [1.82, 2.24) is 4.57 Å². The fraction of sp³-hybridized carbons (Fsp3) is 0.457. The van der Waals surface area contributed by atoms with E-state index in [0.717, 1.165) is 71.4 Å². The van der Waals surface area contributed by atoms with Gasteiger partial charge in [-0.3, -0.25) is 0 Å². The van der Waals surface area contributed by atoms with Crippen LogP contribution in [0.4, 0.5) is 5.69 Å². The van der Waals surface area contributed by atoms with Gasteiger partial charge in [0.2, 0.25) is 0 Å². The highest BCUT2D eigenvalue weighted by atomic mass is 32.2. The lowest BCUT2D eigenvalue weighted by atomic mass is 9.83. The van der Waals surface area contributed by atoms with E-state index in [9.17, 15) is 18.3 Å². The van der Waals surface area contributed by atoms with Crippen LogP contribution in [-0.4, -0.2) is 63.7 Å². The number of hydrogen-bond donors (Lipinski definition) is 1. The molecule has 0 atom stereocenters. The number of phenols is 1. The van der Waals surface area contributed by atoms with Gasteiger partial charge in [-0.2, -0.15) is 0 Å². The van der Waals surface area contributed by atoms with E-state index < -0.39 is 9.84 Å². The van der Waals surface area contributed by atoms with Crippen LogP contribution in [0.15, 0.2) is 47.4 Å². The molecule has 2 fully saturated rings. The summed E-state index contributed by atoms with van der Waals surface area (Å²) in [6.07, 6.45) is 7.78. The highest BCUT2D eigenvalue weighted by molar-refractivity contribution is 7.90. The minimum Gasteiger partial charge on any atom is -0.507 e. The maximum atomic E-state index is 12.5. The predicted octanol–water partition coefficient (Wildman–Crippen LogP) is 7.14. The number of thiophene rings is 1. The summed E-state index contributed by atoms with van der Waals surface area (Å²) in [6.45, 7) is 5.64. The molecule has 3 heterocycles. The van der Waals surface area contributed by atoms with Crippen molar-refractivity contribution >= 4 is 43.0 Å². The van der Waals surface area contributed by atoms with Crippen molar-refractivity contribution in [3.8, 4) is 22.8 Å². The third-order valence-corrected chi connectivity index (χ3v) is 11.3. The van der Waals surface area contributed by atoms with Crippen LogP contribution in [0.1, 0.15) is 72.2 Å². The molecule has 6 rings (SSSR count). The number of phenolic OH excluding ortho intramolecular Hbond substituents is 1.